The van der Waals surface area contributed by atoms with Crippen molar-refractivity contribution < 1.29 is 9.84 Å². The first-order valence-electron chi connectivity index (χ1n) is 6.53. The summed E-state index contributed by atoms with van der Waals surface area (Å²) in [6.45, 7) is 5.70. The zero-order valence-corrected chi connectivity index (χ0v) is 11.4. The lowest BCUT2D eigenvalue weighted by atomic mass is 9.64. The molecular formula is C15H23NO2. The Hall–Kier alpha value is -0.900. The molecule has 1 aliphatic carbocycles. The van der Waals surface area contributed by atoms with Crippen molar-refractivity contribution in [1.82, 2.24) is 5.32 Å². The molecule has 0 amide bonds. The van der Waals surface area contributed by atoms with E-state index in [1.807, 2.05) is 6.07 Å². The molecule has 1 fully saturated rings. The van der Waals surface area contributed by atoms with Crippen LogP contribution >= 0.6 is 0 Å². The molecule has 2 N–H and O–H groups in total. The maximum Gasteiger partial charge on any atom is 0.0716 e. The van der Waals surface area contributed by atoms with Gasteiger partial charge in [-0.05, 0) is 17.5 Å². The Morgan fingerprint density at radius 3 is 2.56 bits per heavy atom. The maximum absolute atomic E-state index is 9.72. The molecule has 1 aromatic rings. The average molecular weight is 249 g/mol. The lowest BCUT2D eigenvalue weighted by Crippen LogP contribution is -2.59. The molecule has 1 aliphatic rings. The van der Waals surface area contributed by atoms with Crippen molar-refractivity contribution in [1.29, 1.82) is 0 Å². The number of nitrogens with one attached hydrogen (secondary N) is 1. The highest BCUT2D eigenvalue weighted by Crippen LogP contribution is 2.40. The number of rotatable bonds is 5. The van der Waals surface area contributed by atoms with Gasteiger partial charge >= 0.3 is 0 Å². The predicted molar refractivity (Wildman–Crippen MR) is 72.2 cm³/mol. The number of ether oxygens (including phenoxy) is 1. The molecule has 0 radical (unpaired) electrons. The van der Waals surface area contributed by atoms with Gasteiger partial charge in [0.15, 0.2) is 0 Å². The molecule has 0 saturated heterocycles. The van der Waals surface area contributed by atoms with E-state index in [-0.39, 0.29) is 11.5 Å². The lowest BCUT2D eigenvalue weighted by Gasteiger charge is -2.49. The van der Waals surface area contributed by atoms with Crippen LogP contribution in [-0.4, -0.2) is 24.4 Å². The molecule has 18 heavy (non-hydrogen) atoms. The van der Waals surface area contributed by atoms with Crippen LogP contribution in [0, 0.1) is 5.41 Å². The largest absolute Gasteiger partial charge is 0.392 e. The SMILES string of the molecule is COCc1ccccc1CNC1CC(O)C1(C)C. The molecule has 0 spiro atoms. The number of benzene rings is 1. The minimum absolute atomic E-state index is 0.0177. The standard InChI is InChI=1S/C15H23NO2/c1-15(2)13(8-14(15)17)16-9-11-6-4-5-7-12(11)10-18-3/h4-7,13-14,16-17H,8-10H2,1-3H3. The van der Waals surface area contributed by atoms with Crippen LogP contribution in [0.1, 0.15) is 31.4 Å². The average Bonchev–Trinajstić information content (AvgIpc) is 2.36. The van der Waals surface area contributed by atoms with Crippen LogP contribution in [0.15, 0.2) is 24.3 Å². The van der Waals surface area contributed by atoms with Gasteiger partial charge in [-0.2, -0.15) is 0 Å². The highest BCUT2D eigenvalue weighted by atomic mass is 16.5. The van der Waals surface area contributed by atoms with Gasteiger partial charge in [-0.3, -0.25) is 0 Å². The Morgan fingerprint density at radius 2 is 2.00 bits per heavy atom. The summed E-state index contributed by atoms with van der Waals surface area (Å²) >= 11 is 0. The first-order valence-corrected chi connectivity index (χ1v) is 6.53. The van der Waals surface area contributed by atoms with Crippen molar-refractivity contribution in [2.24, 2.45) is 5.41 Å². The minimum atomic E-state index is -0.177. The highest BCUT2D eigenvalue weighted by Gasteiger charge is 2.46. The highest BCUT2D eigenvalue weighted by molar-refractivity contribution is 5.26. The van der Waals surface area contributed by atoms with E-state index in [1.54, 1.807) is 7.11 Å². The fraction of sp³-hybridized carbons (Fsp3) is 0.600. The van der Waals surface area contributed by atoms with Crippen molar-refractivity contribution in [3.05, 3.63) is 35.4 Å². The Balaban J connectivity index is 1.95. The molecule has 100 valence electrons. The molecule has 0 aromatic heterocycles. The Morgan fingerprint density at radius 1 is 1.33 bits per heavy atom. The predicted octanol–water partition coefficient (Wildman–Crippen LogP) is 2.08. The summed E-state index contributed by atoms with van der Waals surface area (Å²) in [7, 11) is 1.72. The van der Waals surface area contributed by atoms with Gasteiger partial charge in [0.25, 0.3) is 0 Å². The quantitative estimate of drug-likeness (QED) is 0.839. The van der Waals surface area contributed by atoms with E-state index in [4.69, 9.17) is 4.74 Å². The van der Waals surface area contributed by atoms with E-state index in [1.165, 1.54) is 11.1 Å². The molecule has 0 bridgehead atoms. The van der Waals surface area contributed by atoms with E-state index >= 15 is 0 Å². The van der Waals surface area contributed by atoms with Crippen LogP contribution in [0.4, 0.5) is 0 Å². The molecule has 3 nitrogen and oxygen atoms in total. The van der Waals surface area contributed by atoms with Gasteiger partial charge in [0.1, 0.15) is 0 Å². The molecule has 2 atom stereocenters. The van der Waals surface area contributed by atoms with Crippen molar-refractivity contribution in [3.63, 3.8) is 0 Å². The molecule has 2 rings (SSSR count). The summed E-state index contributed by atoms with van der Waals surface area (Å²) in [5.41, 5.74) is 2.48. The Labute approximate surface area is 109 Å². The topological polar surface area (TPSA) is 41.5 Å². The molecule has 3 heteroatoms. The zero-order valence-electron chi connectivity index (χ0n) is 11.4. The van der Waals surface area contributed by atoms with E-state index in [2.05, 4.69) is 37.4 Å². The van der Waals surface area contributed by atoms with Gasteiger partial charge in [0.05, 0.1) is 12.7 Å². The van der Waals surface area contributed by atoms with E-state index in [9.17, 15) is 5.11 Å². The smallest absolute Gasteiger partial charge is 0.0716 e. The number of hydrogen-bond donors (Lipinski definition) is 2. The van der Waals surface area contributed by atoms with Crippen molar-refractivity contribution >= 4 is 0 Å². The Bertz CT molecular complexity index is 403. The Kier molecular flexibility index (Phi) is 4.05. The zero-order chi connectivity index (χ0) is 13.2. The number of aliphatic hydroxyl groups is 1. The first-order chi connectivity index (χ1) is 8.55. The summed E-state index contributed by atoms with van der Waals surface area (Å²) in [6.07, 6.45) is 0.670. The van der Waals surface area contributed by atoms with Gasteiger partial charge in [-0.25, -0.2) is 0 Å². The van der Waals surface area contributed by atoms with Crippen LogP contribution < -0.4 is 5.32 Å². The maximum atomic E-state index is 9.72. The fourth-order valence-corrected chi connectivity index (χ4v) is 2.51. The summed E-state index contributed by atoms with van der Waals surface area (Å²) in [5, 5.41) is 13.3. The van der Waals surface area contributed by atoms with Crippen molar-refractivity contribution in [3.8, 4) is 0 Å². The van der Waals surface area contributed by atoms with Crippen molar-refractivity contribution in [2.45, 2.75) is 45.6 Å². The van der Waals surface area contributed by atoms with Gasteiger partial charge in [0, 0.05) is 25.1 Å². The van der Waals surface area contributed by atoms with Crippen molar-refractivity contribution in [2.75, 3.05) is 7.11 Å². The number of hydrogen-bond acceptors (Lipinski definition) is 3. The summed E-state index contributed by atoms with van der Waals surface area (Å²) in [4.78, 5) is 0. The number of aliphatic hydroxyl groups excluding tert-OH is 1. The van der Waals surface area contributed by atoms with E-state index in [0.717, 1.165) is 13.0 Å². The second-order valence-electron chi connectivity index (χ2n) is 5.71. The van der Waals surface area contributed by atoms with E-state index in [0.29, 0.717) is 12.6 Å². The fourth-order valence-electron chi connectivity index (χ4n) is 2.51. The van der Waals surface area contributed by atoms with Crippen LogP contribution in [0.2, 0.25) is 0 Å². The second kappa shape index (κ2) is 5.39. The van der Waals surface area contributed by atoms with Gasteiger partial charge in [-0.15, -0.1) is 0 Å². The van der Waals surface area contributed by atoms with Crippen LogP contribution in [0.5, 0.6) is 0 Å². The molecule has 1 aromatic carbocycles. The third kappa shape index (κ3) is 2.58. The molecule has 0 heterocycles. The van der Waals surface area contributed by atoms with Gasteiger partial charge < -0.3 is 15.2 Å². The first kappa shape index (κ1) is 13.5. The van der Waals surface area contributed by atoms with Gasteiger partial charge in [0.2, 0.25) is 0 Å². The second-order valence-corrected chi connectivity index (χ2v) is 5.71. The molecule has 0 aliphatic heterocycles. The molecule has 2 unspecified atom stereocenters. The minimum Gasteiger partial charge on any atom is -0.392 e. The molecule has 1 saturated carbocycles. The third-order valence-corrected chi connectivity index (χ3v) is 4.17. The number of methoxy groups -OCH3 is 1. The van der Waals surface area contributed by atoms with E-state index < -0.39 is 0 Å². The summed E-state index contributed by atoms with van der Waals surface area (Å²) < 4.78 is 5.21. The third-order valence-electron chi connectivity index (χ3n) is 4.17. The van der Waals surface area contributed by atoms with Crippen LogP contribution in [0.25, 0.3) is 0 Å². The summed E-state index contributed by atoms with van der Waals surface area (Å²) in [5.74, 6) is 0. The lowest BCUT2D eigenvalue weighted by molar-refractivity contribution is -0.0730. The normalized spacial score (nSPS) is 25.8. The van der Waals surface area contributed by atoms with Crippen LogP contribution in [0.3, 0.4) is 0 Å². The summed E-state index contributed by atoms with van der Waals surface area (Å²) in [6, 6.07) is 8.71. The molecular weight excluding hydrogens is 226 g/mol. The van der Waals surface area contributed by atoms with Gasteiger partial charge in [-0.1, -0.05) is 38.1 Å². The van der Waals surface area contributed by atoms with Crippen LogP contribution in [-0.2, 0) is 17.9 Å². The monoisotopic (exact) mass is 249 g/mol.